The summed E-state index contributed by atoms with van der Waals surface area (Å²) in [6.45, 7) is 2.12. The molecule has 3 rings (SSSR count). The lowest BCUT2D eigenvalue weighted by atomic mass is 10.0. The van der Waals surface area contributed by atoms with Crippen molar-refractivity contribution in [3.63, 3.8) is 0 Å². The van der Waals surface area contributed by atoms with Crippen molar-refractivity contribution in [2.45, 2.75) is 13.3 Å². The summed E-state index contributed by atoms with van der Waals surface area (Å²) >= 11 is 6.95. The number of hydrogen-bond acceptors (Lipinski definition) is 1. The van der Waals surface area contributed by atoms with Crippen molar-refractivity contribution in [2.24, 2.45) is 0 Å². The molecule has 2 aromatic carbocycles. The molecule has 18 heavy (non-hydrogen) atoms. The molecule has 0 radical (unpaired) electrons. The van der Waals surface area contributed by atoms with Crippen LogP contribution in [0.1, 0.15) is 28.4 Å². The minimum absolute atomic E-state index is 0.115. The molecular formula is C15H10Br2O. The Balaban J connectivity index is 2.31. The molecule has 0 unspecified atom stereocenters. The number of fused-ring (bicyclic) bond motifs is 3. The van der Waals surface area contributed by atoms with Gasteiger partial charge in [0.15, 0.2) is 5.78 Å². The Hall–Kier alpha value is -0.930. The third-order valence-corrected chi connectivity index (χ3v) is 4.56. The van der Waals surface area contributed by atoms with E-state index >= 15 is 0 Å². The summed E-state index contributed by atoms with van der Waals surface area (Å²) in [5.41, 5.74) is 4.92. The summed E-state index contributed by atoms with van der Waals surface area (Å²) in [5.74, 6) is 0.115. The zero-order valence-corrected chi connectivity index (χ0v) is 12.9. The molecule has 0 spiro atoms. The van der Waals surface area contributed by atoms with Gasteiger partial charge in [-0.1, -0.05) is 44.8 Å². The minimum Gasteiger partial charge on any atom is -0.289 e. The third-order valence-electron chi connectivity index (χ3n) is 3.33. The highest BCUT2D eigenvalue weighted by atomic mass is 79.9. The summed E-state index contributed by atoms with van der Waals surface area (Å²) < 4.78 is 1.96. The highest BCUT2D eigenvalue weighted by Crippen LogP contribution is 2.40. The Morgan fingerprint density at radius 1 is 0.944 bits per heavy atom. The van der Waals surface area contributed by atoms with E-state index in [4.69, 9.17) is 0 Å². The highest BCUT2D eigenvalue weighted by Gasteiger charge is 2.27. The summed E-state index contributed by atoms with van der Waals surface area (Å²) in [4.78, 5) is 12.4. The van der Waals surface area contributed by atoms with E-state index in [1.807, 2.05) is 24.3 Å². The first-order valence-corrected chi connectivity index (χ1v) is 7.37. The molecule has 0 atom stereocenters. The number of carbonyl (C=O) groups excluding carboxylic acids is 1. The van der Waals surface area contributed by atoms with Gasteiger partial charge in [-0.3, -0.25) is 4.79 Å². The summed E-state index contributed by atoms with van der Waals surface area (Å²) in [6, 6.07) is 9.96. The summed E-state index contributed by atoms with van der Waals surface area (Å²) in [7, 11) is 0. The Bertz CT molecular complexity index is 674. The van der Waals surface area contributed by atoms with Gasteiger partial charge in [0.25, 0.3) is 0 Å². The lowest BCUT2D eigenvalue weighted by molar-refractivity contribution is 0.104. The zero-order chi connectivity index (χ0) is 12.9. The number of aryl methyl sites for hydroxylation is 1. The molecule has 0 amide bonds. The molecule has 1 nitrogen and oxygen atoms in total. The molecule has 0 saturated heterocycles. The first-order valence-electron chi connectivity index (χ1n) is 5.79. The van der Waals surface area contributed by atoms with Crippen LogP contribution >= 0.6 is 31.9 Å². The van der Waals surface area contributed by atoms with E-state index in [-0.39, 0.29) is 5.78 Å². The Kier molecular flexibility index (Phi) is 2.91. The van der Waals surface area contributed by atoms with Crippen LogP contribution in [0.3, 0.4) is 0 Å². The predicted octanol–water partition coefficient (Wildman–Crippen LogP) is 4.99. The first-order chi connectivity index (χ1) is 8.61. The predicted molar refractivity (Wildman–Crippen MR) is 80.1 cm³/mol. The Morgan fingerprint density at radius 2 is 1.67 bits per heavy atom. The van der Waals surface area contributed by atoms with Crippen LogP contribution in [0.5, 0.6) is 0 Å². The van der Waals surface area contributed by atoms with Crippen molar-refractivity contribution >= 4 is 37.6 Å². The van der Waals surface area contributed by atoms with Gasteiger partial charge in [-0.25, -0.2) is 0 Å². The maximum absolute atomic E-state index is 12.4. The van der Waals surface area contributed by atoms with E-state index in [1.54, 1.807) is 0 Å². The normalized spacial score (nSPS) is 12.5. The van der Waals surface area contributed by atoms with Gasteiger partial charge < -0.3 is 0 Å². The van der Waals surface area contributed by atoms with Gasteiger partial charge in [-0.05, 0) is 47.4 Å². The summed E-state index contributed by atoms with van der Waals surface area (Å²) in [5, 5.41) is 0. The van der Waals surface area contributed by atoms with Gasteiger partial charge in [0.2, 0.25) is 0 Å². The number of benzene rings is 2. The van der Waals surface area contributed by atoms with E-state index in [0.717, 1.165) is 37.6 Å². The fourth-order valence-electron chi connectivity index (χ4n) is 2.38. The van der Waals surface area contributed by atoms with Gasteiger partial charge in [0, 0.05) is 20.1 Å². The van der Waals surface area contributed by atoms with Crippen molar-refractivity contribution in [3.05, 3.63) is 56.0 Å². The number of halogens is 2. The Morgan fingerprint density at radius 3 is 2.39 bits per heavy atom. The largest absolute Gasteiger partial charge is 0.289 e. The van der Waals surface area contributed by atoms with Crippen molar-refractivity contribution in [2.75, 3.05) is 0 Å². The smallest absolute Gasteiger partial charge is 0.194 e. The topological polar surface area (TPSA) is 17.1 Å². The highest BCUT2D eigenvalue weighted by molar-refractivity contribution is 9.10. The molecule has 0 bridgehead atoms. The van der Waals surface area contributed by atoms with E-state index in [9.17, 15) is 4.79 Å². The van der Waals surface area contributed by atoms with Crippen molar-refractivity contribution in [3.8, 4) is 11.1 Å². The average molecular weight is 366 g/mol. The molecule has 1 aliphatic rings. The minimum atomic E-state index is 0.115. The van der Waals surface area contributed by atoms with E-state index in [2.05, 4.69) is 44.8 Å². The van der Waals surface area contributed by atoms with Gasteiger partial charge in [-0.15, -0.1) is 0 Å². The SMILES string of the molecule is CCc1cc2c(cc1Br)C(=O)c1cc(Br)ccc1-2. The molecule has 0 saturated carbocycles. The zero-order valence-electron chi connectivity index (χ0n) is 9.76. The fourth-order valence-corrected chi connectivity index (χ4v) is 3.37. The maximum Gasteiger partial charge on any atom is 0.194 e. The van der Waals surface area contributed by atoms with Crippen molar-refractivity contribution in [1.82, 2.24) is 0 Å². The molecule has 0 aromatic heterocycles. The van der Waals surface area contributed by atoms with Gasteiger partial charge in [0.05, 0.1) is 0 Å². The quantitative estimate of drug-likeness (QED) is 0.594. The van der Waals surface area contributed by atoms with Crippen LogP contribution in [-0.2, 0) is 6.42 Å². The van der Waals surface area contributed by atoms with Crippen LogP contribution in [0.4, 0.5) is 0 Å². The van der Waals surface area contributed by atoms with Gasteiger partial charge in [0.1, 0.15) is 0 Å². The molecule has 1 aliphatic carbocycles. The van der Waals surface area contributed by atoms with Crippen LogP contribution in [0.25, 0.3) is 11.1 Å². The molecule has 3 heteroatoms. The number of hydrogen-bond donors (Lipinski definition) is 0. The molecule has 0 aliphatic heterocycles. The monoisotopic (exact) mass is 364 g/mol. The summed E-state index contributed by atoms with van der Waals surface area (Å²) in [6.07, 6.45) is 0.952. The number of ketones is 1. The third kappa shape index (κ3) is 1.69. The van der Waals surface area contributed by atoms with Gasteiger partial charge in [-0.2, -0.15) is 0 Å². The molecule has 2 aromatic rings. The van der Waals surface area contributed by atoms with Crippen LogP contribution < -0.4 is 0 Å². The molecule has 90 valence electrons. The molecule has 0 N–H and O–H groups in total. The van der Waals surface area contributed by atoms with Crippen molar-refractivity contribution in [1.29, 1.82) is 0 Å². The maximum atomic E-state index is 12.4. The van der Waals surface area contributed by atoms with Crippen LogP contribution in [0.15, 0.2) is 39.3 Å². The van der Waals surface area contributed by atoms with Gasteiger partial charge >= 0.3 is 0 Å². The van der Waals surface area contributed by atoms with E-state index in [0.29, 0.717) is 0 Å². The van der Waals surface area contributed by atoms with Crippen LogP contribution in [0.2, 0.25) is 0 Å². The molecule has 0 fully saturated rings. The first kappa shape index (κ1) is 12.1. The van der Waals surface area contributed by atoms with Crippen LogP contribution in [0, 0.1) is 0 Å². The number of carbonyl (C=O) groups is 1. The fraction of sp³-hybridized carbons (Fsp3) is 0.133. The standard InChI is InChI=1S/C15H10Br2O/c1-2-8-5-11-10-4-3-9(16)6-12(10)15(18)13(11)7-14(8)17/h3-7H,2H2,1H3. The second-order valence-electron chi connectivity index (χ2n) is 4.36. The second kappa shape index (κ2) is 4.32. The van der Waals surface area contributed by atoms with Crippen LogP contribution in [-0.4, -0.2) is 5.78 Å². The molecule has 0 heterocycles. The lowest BCUT2D eigenvalue weighted by Gasteiger charge is -2.05. The van der Waals surface area contributed by atoms with Crippen molar-refractivity contribution < 1.29 is 4.79 Å². The van der Waals surface area contributed by atoms with E-state index < -0.39 is 0 Å². The van der Waals surface area contributed by atoms with E-state index in [1.165, 1.54) is 5.56 Å². The Labute approximate surface area is 122 Å². The average Bonchev–Trinajstić information content (AvgIpc) is 2.62. The number of rotatable bonds is 1. The molecular weight excluding hydrogens is 356 g/mol. The second-order valence-corrected chi connectivity index (χ2v) is 6.13. The lowest BCUT2D eigenvalue weighted by Crippen LogP contribution is -1.96.